The molecule has 0 aliphatic heterocycles. The van der Waals surface area contributed by atoms with Gasteiger partial charge in [0.15, 0.2) is 0 Å². The summed E-state index contributed by atoms with van der Waals surface area (Å²) in [6.07, 6.45) is 2.21. The molecule has 1 aromatic rings. The van der Waals surface area contributed by atoms with Crippen molar-refractivity contribution in [2.75, 3.05) is 40.4 Å². The van der Waals surface area contributed by atoms with Crippen molar-refractivity contribution in [2.45, 2.75) is 25.8 Å². The largest absolute Gasteiger partial charge is 0.383 e. The average molecular weight is 299 g/mol. The number of nitrogens with one attached hydrogen (secondary N) is 1. The fourth-order valence-corrected chi connectivity index (χ4v) is 2.34. The van der Waals surface area contributed by atoms with Crippen LogP contribution in [-0.2, 0) is 4.74 Å². The first kappa shape index (κ1) is 17.4. The van der Waals surface area contributed by atoms with Crippen LogP contribution in [0.15, 0.2) is 24.3 Å². The van der Waals surface area contributed by atoms with E-state index < -0.39 is 0 Å². The zero-order valence-corrected chi connectivity index (χ0v) is 13.6. The first-order valence-electron chi connectivity index (χ1n) is 7.33. The molecule has 0 radical (unpaired) electrons. The Morgan fingerprint density at radius 2 is 2.15 bits per heavy atom. The van der Waals surface area contributed by atoms with Gasteiger partial charge in [-0.3, -0.25) is 0 Å². The number of ether oxygens (including phenoxy) is 1. The van der Waals surface area contributed by atoms with Crippen molar-refractivity contribution in [1.29, 1.82) is 0 Å². The Morgan fingerprint density at radius 1 is 1.35 bits per heavy atom. The van der Waals surface area contributed by atoms with E-state index in [1.165, 1.54) is 5.56 Å². The molecule has 0 bridgehead atoms. The molecular weight excluding hydrogens is 272 g/mol. The molecule has 20 heavy (non-hydrogen) atoms. The molecule has 1 N–H and O–H groups in total. The van der Waals surface area contributed by atoms with Gasteiger partial charge in [-0.1, -0.05) is 30.7 Å². The summed E-state index contributed by atoms with van der Waals surface area (Å²) < 4.78 is 5.11. The zero-order valence-electron chi connectivity index (χ0n) is 12.9. The zero-order chi connectivity index (χ0) is 14.8. The van der Waals surface area contributed by atoms with E-state index in [4.69, 9.17) is 16.3 Å². The van der Waals surface area contributed by atoms with Gasteiger partial charge in [0.1, 0.15) is 0 Å². The molecule has 0 saturated carbocycles. The molecule has 3 nitrogen and oxygen atoms in total. The Balaban J connectivity index is 2.55. The second-order valence-corrected chi connectivity index (χ2v) is 5.58. The van der Waals surface area contributed by atoms with Gasteiger partial charge >= 0.3 is 0 Å². The number of benzene rings is 1. The lowest BCUT2D eigenvalue weighted by atomic mass is 10.0. The lowest BCUT2D eigenvalue weighted by molar-refractivity contribution is 0.158. The molecule has 1 unspecified atom stereocenters. The number of likely N-dealkylation sites (N-methyl/N-ethyl adjacent to an activating group) is 1. The van der Waals surface area contributed by atoms with E-state index in [9.17, 15) is 0 Å². The quantitative estimate of drug-likeness (QED) is 0.717. The Kier molecular flexibility index (Phi) is 8.86. The molecule has 0 fully saturated rings. The fraction of sp³-hybridized carbons (Fsp3) is 0.625. The second kappa shape index (κ2) is 10.2. The van der Waals surface area contributed by atoms with Crippen molar-refractivity contribution in [3.63, 3.8) is 0 Å². The number of rotatable bonds is 10. The van der Waals surface area contributed by atoms with Crippen molar-refractivity contribution < 1.29 is 4.74 Å². The van der Waals surface area contributed by atoms with Gasteiger partial charge < -0.3 is 15.0 Å². The first-order valence-corrected chi connectivity index (χ1v) is 7.71. The number of halogens is 1. The van der Waals surface area contributed by atoms with Crippen LogP contribution in [0.5, 0.6) is 0 Å². The maximum Gasteiger partial charge on any atom is 0.0589 e. The molecule has 4 heteroatoms. The van der Waals surface area contributed by atoms with E-state index in [0.717, 1.165) is 44.1 Å². The van der Waals surface area contributed by atoms with Crippen LogP contribution in [0.1, 0.15) is 31.4 Å². The van der Waals surface area contributed by atoms with Crippen molar-refractivity contribution in [3.8, 4) is 0 Å². The molecule has 1 aromatic carbocycles. The van der Waals surface area contributed by atoms with Crippen LogP contribution < -0.4 is 5.32 Å². The predicted molar refractivity (Wildman–Crippen MR) is 86.5 cm³/mol. The summed E-state index contributed by atoms with van der Waals surface area (Å²) in [6, 6.07) is 8.51. The predicted octanol–water partition coefficient (Wildman–Crippen LogP) is 3.35. The third-order valence-corrected chi connectivity index (χ3v) is 3.60. The highest BCUT2D eigenvalue weighted by molar-refractivity contribution is 6.30. The molecule has 0 spiro atoms. The molecule has 1 atom stereocenters. The number of nitrogens with zero attached hydrogens (tertiary/aromatic N) is 1. The summed E-state index contributed by atoms with van der Waals surface area (Å²) in [5, 5.41) is 4.41. The molecule has 0 aromatic heterocycles. The van der Waals surface area contributed by atoms with Gasteiger partial charge in [-0.25, -0.2) is 0 Å². The third-order valence-electron chi connectivity index (χ3n) is 3.37. The normalized spacial score (nSPS) is 12.8. The van der Waals surface area contributed by atoms with Crippen LogP contribution in [0.25, 0.3) is 0 Å². The highest BCUT2D eigenvalue weighted by Crippen LogP contribution is 2.20. The lowest BCUT2D eigenvalue weighted by Gasteiger charge is -2.23. The van der Waals surface area contributed by atoms with Crippen LogP contribution in [-0.4, -0.2) is 45.3 Å². The van der Waals surface area contributed by atoms with Gasteiger partial charge in [-0.15, -0.1) is 0 Å². The Bertz CT molecular complexity index is 373. The number of hydrogen-bond donors (Lipinski definition) is 1. The topological polar surface area (TPSA) is 24.5 Å². The van der Waals surface area contributed by atoms with E-state index in [1.807, 2.05) is 12.1 Å². The summed E-state index contributed by atoms with van der Waals surface area (Å²) >= 11 is 6.10. The van der Waals surface area contributed by atoms with E-state index in [-0.39, 0.29) is 0 Å². The Hall–Kier alpha value is -0.610. The van der Waals surface area contributed by atoms with Crippen molar-refractivity contribution in [3.05, 3.63) is 34.9 Å². The van der Waals surface area contributed by atoms with Crippen LogP contribution in [0.3, 0.4) is 0 Å². The Labute approximate surface area is 128 Å². The van der Waals surface area contributed by atoms with Gasteiger partial charge in [0, 0.05) is 24.7 Å². The third kappa shape index (κ3) is 6.71. The molecule has 0 amide bonds. The summed E-state index contributed by atoms with van der Waals surface area (Å²) in [4.78, 5) is 2.30. The summed E-state index contributed by atoms with van der Waals surface area (Å²) in [7, 11) is 3.87. The molecular formula is C16H27ClN2O. The van der Waals surface area contributed by atoms with E-state index >= 15 is 0 Å². The summed E-state index contributed by atoms with van der Waals surface area (Å²) in [5.41, 5.74) is 1.27. The first-order chi connectivity index (χ1) is 9.67. The van der Waals surface area contributed by atoms with E-state index in [1.54, 1.807) is 7.11 Å². The number of hydrogen-bond acceptors (Lipinski definition) is 3. The molecule has 0 saturated heterocycles. The van der Waals surface area contributed by atoms with E-state index in [2.05, 4.69) is 36.3 Å². The molecule has 0 aliphatic rings. The second-order valence-electron chi connectivity index (χ2n) is 5.15. The minimum Gasteiger partial charge on any atom is -0.383 e. The Morgan fingerprint density at radius 3 is 2.80 bits per heavy atom. The van der Waals surface area contributed by atoms with E-state index in [0.29, 0.717) is 6.04 Å². The van der Waals surface area contributed by atoms with Crippen LogP contribution in [0, 0.1) is 0 Å². The monoisotopic (exact) mass is 298 g/mol. The van der Waals surface area contributed by atoms with Gasteiger partial charge in [0.25, 0.3) is 0 Å². The van der Waals surface area contributed by atoms with Crippen molar-refractivity contribution in [2.24, 2.45) is 0 Å². The summed E-state index contributed by atoms with van der Waals surface area (Å²) in [5.74, 6) is 0. The van der Waals surface area contributed by atoms with Gasteiger partial charge in [0.05, 0.1) is 6.61 Å². The van der Waals surface area contributed by atoms with Gasteiger partial charge in [0.2, 0.25) is 0 Å². The van der Waals surface area contributed by atoms with Crippen LogP contribution >= 0.6 is 11.6 Å². The van der Waals surface area contributed by atoms with Crippen molar-refractivity contribution >= 4 is 11.6 Å². The smallest absolute Gasteiger partial charge is 0.0589 e. The molecule has 0 heterocycles. The SMILES string of the molecule is CCCNC(CCN(C)CCOC)c1cccc(Cl)c1. The highest BCUT2D eigenvalue weighted by Gasteiger charge is 2.12. The van der Waals surface area contributed by atoms with Gasteiger partial charge in [-0.2, -0.15) is 0 Å². The maximum atomic E-state index is 6.10. The molecule has 114 valence electrons. The van der Waals surface area contributed by atoms with Gasteiger partial charge in [-0.05, 0) is 50.7 Å². The molecule has 0 aliphatic carbocycles. The highest BCUT2D eigenvalue weighted by atomic mass is 35.5. The summed E-state index contributed by atoms with van der Waals surface area (Å²) in [6.45, 7) is 6.00. The van der Waals surface area contributed by atoms with Crippen LogP contribution in [0.4, 0.5) is 0 Å². The lowest BCUT2D eigenvalue weighted by Crippen LogP contribution is -2.29. The molecule has 1 rings (SSSR count). The fourth-order valence-electron chi connectivity index (χ4n) is 2.14. The van der Waals surface area contributed by atoms with Crippen LogP contribution in [0.2, 0.25) is 5.02 Å². The minimum atomic E-state index is 0.360. The maximum absolute atomic E-state index is 6.10. The number of methoxy groups -OCH3 is 1. The average Bonchev–Trinajstić information content (AvgIpc) is 2.45. The van der Waals surface area contributed by atoms with Crippen molar-refractivity contribution in [1.82, 2.24) is 10.2 Å². The standard InChI is InChI=1S/C16H27ClN2O/c1-4-9-18-16(8-10-19(2)11-12-20-3)14-6-5-7-15(17)13-14/h5-7,13,16,18H,4,8-12H2,1-3H3. The minimum absolute atomic E-state index is 0.360.